The topological polar surface area (TPSA) is 30.3 Å². The van der Waals surface area contributed by atoms with Crippen molar-refractivity contribution in [2.45, 2.75) is 69.9 Å². The average molecular weight is 448 g/mol. The summed E-state index contributed by atoms with van der Waals surface area (Å²) in [7, 11) is 1.30. The van der Waals surface area contributed by atoms with Crippen molar-refractivity contribution >= 4 is 16.2 Å². The summed E-state index contributed by atoms with van der Waals surface area (Å²) >= 11 is 0. The van der Waals surface area contributed by atoms with E-state index >= 15 is 0 Å². The normalized spacial score (nSPS) is 19.8. The molecule has 1 aliphatic heterocycles. The van der Waals surface area contributed by atoms with Crippen LogP contribution in [-0.4, -0.2) is 51.7 Å². The molecule has 0 spiro atoms. The lowest BCUT2D eigenvalue weighted by molar-refractivity contribution is 0.244. The molecule has 0 amide bonds. The highest BCUT2D eigenvalue weighted by Crippen LogP contribution is 2.31. The van der Waals surface area contributed by atoms with Gasteiger partial charge in [-0.05, 0) is 41.9 Å². The van der Waals surface area contributed by atoms with Crippen molar-refractivity contribution in [2.24, 2.45) is 5.92 Å². The number of nitrogens with one attached hydrogen (secondary N) is 1. The minimum Gasteiger partial charge on any atom is -0.341 e. The van der Waals surface area contributed by atoms with E-state index in [9.17, 15) is 0 Å². The summed E-state index contributed by atoms with van der Waals surface area (Å²) in [5.74, 6) is 1.66. The molecule has 1 atom stereocenters. The standard InChI is InChI=1S/C28H41N3Si/c29-28-30(18-7-8-20-32)22-27(21-24-9-3-1-4-10-24)31(28)19-17-23-13-15-26(16-14-23)25-11-5-2-6-12-25/h2,5-6,11-16,24,27,29H,1,3-4,7-10,17-22H2,32H3. The van der Waals surface area contributed by atoms with Crippen molar-refractivity contribution in [3.05, 3.63) is 60.2 Å². The van der Waals surface area contributed by atoms with Crippen LogP contribution in [0.25, 0.3) is 11.1 Å². The van der Waals surface area contributed by atoms with Crippen molar-refractivity contribution in [3.8, 4) is 11.1 Å². The summed E-state index contributed by atoms with van der Waals surface area (Å²) in [6, 6.07) is 21.6. The van der Waals surface area contributed by atoms with E-state index in [2.05, 4.69) is 64.4 Å². The number of hydrogen-bond acceptors (Lipinski definition) is 1. The first-order valence-corrected chi connectivity index (χ1v) is 14.4. The monoisotopic (exact) mass is 447 g/mol. The number of benzene rings is 2. The van der Waals surface area contributed by atoms with E-state index in [4.69, 9.17) is 5.41 Å². The summed E-state index contributed by atoms with van der Waals surface area (Å²) in [5, 5.41) is 8.92. The van der Waals surface area contributed by atoms with Gasteiger partial charge in [0.25, 0.3) is 0 Å². The van der Waals surface area contributed by atoms with Crippen LogP contribution < -0.4 is 0 Å². The zero-order valence-corrected chi connectivity index (χ0v) is 21.9. The predicted molar refractivity (Wildman–Crippen MR) is 141 cm³/mol. The highest BCUT2D eigenvalue weighted by Gasteiger charge is 2.35. The van der Waals surface area contributed by atoms with Crippen LogP contribution in [0.3, 0.4) is 0 Å². The molecule has 32 heavy (non-hydrogen) atoms. The van der Waals surface area contributed by atoms with E-state index in [1.54, 1.807) is 0 Å². The summed E-state index contributed by atoms with van der Waals surface area (Å²) in [5.41, 5.74) is 3.94. The van der Waals surface area contributed by atoms with E-state index < -0.39 is 0 Å². The number of guanidine groups is 1. The first kappa shape index (κ1) is 23.1. The molecule has 4 rings (SSSR count). The second-order valence-corrected chi connectivity index (χ2v) is 10.9. The minimum absolute atomic E-state index is 0.533. The van der Waals surface area contributed by atoms with Crippen LogP contribution in [0.15, 0.2) is 54.6 Å². The van der Waals surface area contributed by atoms with Crippen molar-refractivity contribution in [1.29, 1.82) is 5.41 Å². The van der Waals surface area contributed by atoms with Gasteiger partial charge >= 0.3 is 0 Å². The molecule has 1 aliphatic carbocycles. The molecule has 1 saturated heterocycles. The second kappa shape index (κ2) is 11.7. The van der Waals surface area contributed by atoms with E-state index in [1.807, 2.05) is 0 Å². The molecule has 3 nitrogen and oxygen atoms in total. The number of unbranched alkanes of at least 4 members (excludes halogenated alkanes) is 1. The second-order valence-electron chi connectivity index (χ2n) is 9.88. The average Bonchev–Trinajstić information content (AvgIpc) is 3.13. The molecular weight excluding hydrogens is 406 g/mol. The predicted octanol–water partition coefficient (Wildman–Crippen LogP) is 5.35. The first-order chi connectivity index (χ1) is 15.7. The van der Waals surface area contributed by atoms with Gasteiger partial charge in [0.05, 0.1) is 0 Å². The Morgan fingerprint density at radius 1 is 0.844 bits per heavy atom. The van der Waals surface area contributed by atoms with Crippen LogP contribution in [0.2, 0.25) is 6.04 Å². The van der Waals surface area contributed by atoms with Crippen molar-refractivity contribution in [2.75, 3.05) is 19.6 Å². The SMILES string of the molecule is N=C1N(CCCC[SiH3])CC(CC2CCCCC2)N1CCc1ccc(-c2ccccc2)cc1. The summed E-state index contributed by atoms with van der Waals surface area (Å²) < 4.78 is 0. The molecule has 1 heterocycles. The maximum absolute atomic E-state index is 8.92. The molecular formula is C28H41N3Si. The lowest BCUT2D eigenvalue weighted by atomic mass is 9.84. The number of nitrogens with zero attached hydrogens (tertiary/aromatic N) is 2. The van der Waals surface area contributed by atoms with Gasteiger partial charge in [0.1, 0.15) is 0 Å². The fraction of sp³-hybridized carbons (Fsp3) is 0.536. The van der Waals surface area contributed by atoms with E-state index in [-0.39, 0.29) is 0 Å². The van der Waals surface area contributed by atoms with Crippen LogP contribution in [-0.2, 0) is 6.42 Å². The van der Waals surface area contributed by atoms with Gasteiger partial charge in [-0.25, -0.2) is 0 Å². The van der Waals surface area contributed by atoms with Gasteiger partial charge in [0, 0.05) is 35.9 Å². The number of hydrogen-bond donors (Lipinski definition) is 1. The highest BCUT2D eigenvalue weighted by molar-refractivity contribution is 6.08. The minimum atomic E-state index is 0.533. The fourth-order valence-corrected chi connectivity index (χ4v) is 6.09. The first-order valence-electron chi connectivity index (χ1n) is 13.0. The Kier molecular flexibility index (Phi) is 8.44. The van der Waals surface area contributed by atoms with E-state index in [0.717, 1.165) is 37.9 Å². The van der Waals surface area contributed by atoms with E-state index in [0.29, 0.717) is 6.04 Å². The summed E-state index contributed by atoms with van der Waals surface area (Å²) in [4.78, 5) is 4.82. The van der Waals surface area contributed by atoms with Crippen molar-refractivity contribution < 1.29 is 0 Å². The molecule has 2 aromatic rings. The molecule has 1 saturated carbocycles. The van der Waals surface area contributed by atoms with Gasteiger partial charge in [0.15, 0.2) is 5.96 Å². The summed E-state index contributed by atoms with van der Waals surface area (Å²) in [6.07, 6.45) is 11.9. The molecule has 2 aromatic carbocycles. The molecule has 2 fully saturated rings. The molecule has 1 unspecified atom stereocenters. The Labute approximate surface area is 198 Å². The quantitative estimate of drug-likeness (QED) is 0.393. The summed E-state index contributed by atoms with van der Waals surface area (Å²) in [6.45, 7) is 3.12. The van der Waals surface area contributed by atoms with Gasteiger partial charge in [-0.3, -0.25) is 5.41 Å². The molecule has 1 N–H and O–H groups in total. The third-order valence-corrected chi connectivity index (χ3v) is 8.21. The highest BCUT2D eigenvalue weighted by atomic mass is 28.1. The smallest absolute Gasteiger partial charge is 0.194 e. The van der Waals surface area contributed by atoms with Gasteiger partial charge < -0.3 is 9.80 Å². The third-order valence-electron chi connectivity index (χ3n) is 7.51. The molecule has 0 bridgehead atoms. The van der Waals surface area contributed by atoms with Crippen LogP contribution in [0.4, 0.5) is 0 Å². The van der Waals surface area contributed by atoms with Gasteiger partial charge in [-0.1, -0.05) is 99.2 Å². The lowest BCUT2D eigenvalue weighted by Gasteiger charge is -2.30. The largest absolute Gasteiger partial charge is 0.341 e. The maximum Gasteiger partial charge on any atom is 0.194 e. The van der Waals surface area contributed by atoms with Crippen LogP contribution in [0.5, 0.6) is 0 Å². The molecule has 4 heteroatoms. The maximum atomic E-state index is 8.92. The Morgan fingerprint density at radius 2 is 1.56 bits per heavy atom. The Bertz CT molecular complexity index is 830. The number of rotatable bonds is 10. The molecule has 0 radical (unpaired) electrons. The van der Waals surface area contributed by atoms with Crippen molar-refractivity contribution in [1.82, 2.24) is 9.80 Å². The van der Waals surface area contributed by atoms with Gasteiger partial charge in [-0.2, -0.15) is 0 Å². The van der Waals surface area contributed by atoms with Gasteiger partial charge in [0.2, 0.25) is 0 Å². The lowest BCUT2D eigenvalue weighted by Crippen LogP contribution is -2.38. The zero-order valence-electron chi connectivity index (χ0n) is 19.9. The van der Waals surface area contributed by atoms with Crippen molar-refractivity contribution in [3.63, 3.8) is 0 Å². The Morgan fingerprint density at radius 3 is 2.28 bits per heavy atom. The van der Waals surface area contributed by atoms with Gasteiger partial charge in [-0.15, -0.1) is 0 Å². The molecule has 172 valence electrons. The van der Waals surface area contributed by atoms with Crippen LogP contribution in [0, 0.1) is 11.3 Å². The van der Waals surface area contributed by atoms with Crippen LogP contribution in [0.1, 0.15) is 56.9 Å². The molecule has 2 aliphatic rings. The zero-order chi connectivity index (χ0) is 22.2. The molecule has 0 aromatic heterocycles. The Hall–Kier alpha value is -2.07. The van der Waals surface area contributed by atoms with Crippen LogP contribution >= 0.6 is 0 Å². The Balaban J connectivity index is 1.38. The van der Waals surface area contributed by atoms with E-state index in [1.165, 1.54) is 84.3 Å². The third kappa shape index (κ3) is 6.03. The fourth-order valence-electron chi connectivity index (χ4n) is 5.59.